The summed E-state index contributed by atoms with van der Waals surface area (Å²) in [5.74, 6) is -0.737. The van der Waals surface area contributed by atoms with Crippen LogP contribution in [0.15, 0.2) is 18.2 Å². The molecule has 1 aromatic carbocycles. The quantitative estimate of drug-likeness (QED) is 0.761. The van der Waals surface area contributed by atoms with Gasteiger partial charge in [0.25, 0.3) is 0 Å². The first-order valence-corrected chi connectivity index (χ1v) is 7.90. The predicted octanol–water partition coefficient (Wildman–Crippen LogP) is 0.602. The van der Waals surface area contributed by atoms with Gasteiger partial charge in [0.05, 0.1) is 13.0 Å². The number of carboxylic acid groups (broad SMARTS) is 1. The van der Waals surface area contributed by atoms with E-state index in [2.05, 4.69) is 5.32 Å². The molecule has 0 saturated carbocycles. The lowest BCUT2D eigenvalue weighted by Crippen LogP contribution is -2.47. The minimum absolute atomic E-state index is 0.116. The van der Waals surface area contributed by atoms with Crippen molar-refractivity contribution >= 4 is 17.8 Å². The van der Waals surface area contributed by atoms with E-state index in [1.807, 2.05) is 18.2 Å². The molecule has 130 valence electrons. The van der Waals surface area contributed by atoms with Crippen molar-refractivity contribution in [3.05, 3.63) is 29.3 Å². The Morgan fingerprint density at radius 3 is 2.79 bits per heavy atom. The molecule has 1 aliphatic rings. The van der Waals surface area contributed by atoms with Crippen molar-refractivity contribution in [1.29, 1.82) is 0 Å². The molecule has 0 fully saturated rings. The highest BCUT2D eigenvalue weighted by Gasteiger charge is 2.25. The van der Waals surface area contributed by atoms with E-state index in [9.17, 15) is 19.5 Å². The number of carboxylic acids is 1. The third-order valence-corrected chi connectivity index (χ3v) is 3.98. The molecule has 0 aromatic heterocycles. The van der Waals surface area contributed by atoms with E-state index in [-0.39, 0.29) is 31.3 Å². The second kappa shape index (κ2) is 7.81. The van der Waals surface area contributed by atoms with Crippen LogP contribution in [-0.4, -0.2) is 53.5 Å². The summed E-state index contributed by atoms with van der Waals surface area (Å²) in [4.78, 5) is 36.0. The van der Waals surface area contributed by atoms with Crippen molar-refractivity contribution in [2.45, 2.75) is 32.7 Å². The van der Waals surface area contributed by atoms with Crippen LogP contribution in [0.1, 0.15) is 25.0 Å². The third kappa shape index (κ3) is 4.47. The van der Waals surface area contributed by atoms with Gasteiger partial charge in [-0.1, -0.05) is 12.1 Å². The van der Waals surface area contributed by atoms with Crippen LogP contribution in [-0.2, 0) is 27.2 Å². The van der Waals surface area contributed by atoms with E-state index in [1.54, 1.807) is 0 Å². The van der Waals surface area contributed by atoms with Gasteiger partial charge >= 0.3 is 5.97 Å². The van der Waals surface area contributed by atoms with E-state index < -0.39 is 12.0 Å². The van der Waals surface area contributed by atoms with Gasteiger partial charge in [0.1, 0.15) is 11.8 Å². The molecule has 1 heterocycles. The van der Waals surface area contributed by atoms with Crippen molar-refractivity contribution in [2.75, 3.05) is 19.7 Å². The fourth-order valence-electron chi connectivity index (χ4n) is 2.65. The third-order valence-electron chi connectivity index (χ3n) is 3.98. The highest BCUT2D eigenvalue weighted by molar-refractivity contribution is 5.85. The maximum absolute atomic E-state index is 12.6. The monoisotopic (exact) mass is 334 g/mol. The van der Waals surface area contributed by atoms with Crippen LogP contribution in [0.3, 0.4) is 0 Å². The van der Waals surface area contributed by atoms with Gasteiger partial charge in [-0.25, -0.2) is 4.79 Å². The van der Waals surface area contributed by atoms with Crippen molar-refractivity contribution in [1.82, 2.24) is 10.2 Å². The number of aliphatic carboxylic acids is 1. The number of carbonyl (C=O) groups is 3. The van der Waals surface area contributed by atoms with Crippen LogP contribution in [0, 0.1) is 0 Å². The molecule has 1 aliphatic heterocycles. The number of ether oxygens (including phenoxy) is 1. The van der Waals surface area contributed by atoms with Crippen LogP contribution in [0.2, 0.25) is 0 Å². The van der Waals surface area contributed by atoms with Gasteiger partial charge in [-0.3, -0.25) is 9.59 Å². The summed E-state index contributed by atoms with van der Waals surface area (Å²) in [5, 5.41) is 11.8. The summed E-state index contributed by atoms with van der Waals surface area (Å²) in [6, 6.07) is 4.63. The summed E-state index contributed by atoms with van der Waals surface area (Å²) < 4.78 is 5.44. The first-order valence-electron chi connectivity index (χ1n) is 7.90. The van der Waals surface area contributed by atoms with E-state index in [0.717, 1.165) is 23.3 Å². The molecule has 0 saturated heterocycles. The molecule has 0 aliphatic carbocycles. The van der Waals surface area contributed by atoms with Gasteiger partial charge in [-0.05, 0) is 24.1 Å². The first kappa shape index (κ1) is 17.8. The highest BCUT2D eigenvalue weighted by atomic mass is 16.5. The Balaban J connectivity index is 2.05. The molecule has 2 amide bonds. The minimum atomic E-state index is -1.08. The summed E-state index contributed by atoms with van der Waals surface area (Å²) >= 11 is 0. The molecule has 2 rings (SSSR count). The number of nitrogens with one attached hydrogen (secondary N) is 1. The lowest BCUT2D eigenvalue weighted by molar-refractivity contribution is -0.149. The molecular formula is C17H22N2O5. The van der Waals surface area contributed by atoms with Gasteiger partial charge < -0.3 is 20.1 Å². The predicted molar refractivity (Wildman–Crippen MR) is 86.8 cm³/mol. The number of fused-ring (bicyclic) bond motifs is 1. The number of hydrogen-bond donors (Lipinski definition) is 2. The lowest BCUT2D eigenvalue weighted by Gasteiger charge is -2.26. The maximum Gasteiger partial charge on any atom is 0.326 e. The van der Waals surface area contributed by atoms with Crippen molar-refractivity contribution in [3.8, 4) is 5.75 Å². The van der Waals surface area contributed by atoms with Gasteiger partial charge in [0, 0.05) is 26.4 Å². The first-order chi connectivity index (χ1) is 11.4. The zero-order valence-corrected chi connectivity index (χ0v) is 13.9. The maximum atomic E-state index is 12.6. The van der Waals surface area contributed by atoms with E-state index >= 15 is 0 Å². The summed E-state index contributed by atoms with van der Waals surface area (Å²) in [6.45, 7) is 3.85. The molecular weight excluding hydrogens is 312 g/mol. The second-order valence-corrected chi connectivity index (χ2v) is 5.80. The van der Waals surface area contributed by atoms with Crippen LogP contribution < -0.4 is 10.1 Å². The Kier molecular flexibility index (Phi) is 5.78. The van der Waals surface area contributed by atoms with Crippen molar-refractivity contribution < 1.29 is 24.2 Å². The second-order valence-electron chi connectivity index (χ2n) is 5.80. The zero-order valence-electron chi connectivity index (χ0n) is 13.9. The van der Waals surface area contributed by atoms with Gasteiger partial charge in [-0.2, -0.15) is 0 Å². The molecule has 7 heteroatoms. The van der Waals surface area contributed by atoms with Crippen LogP contribution in [0.25, 0.3) is 0 Å². The molecule has 24 heavy (non-hydrogen) atoms. The van der Waals surface area contributed by atoms with Crippen LogP contribution >= 0.6 is 0 Å². The molecule has 0 radical (unpaired) electrons. The fraction of sp³-hybridized carbons (Fsp3) is 0.471. The average Bonchev–Trinajstić information content (AvgIpc) is 2.98. The Morgan fingerprint density at radius 2 is 2.12 bits per heavy atom. The smallest absolute Gasteiger partial charge is 0.326 e. The highest BCUT2D eigenvalue weighted by Crippen LogP contribution is 2.26. The molecule has 1 aromatic rings. The van der Waals surface area contributed by atoms with Crippen LogP contribution in [0.5, 0.6) is 5.75 Å². The number of hydrogen-bond acceptors (Lipinski definition) is 4. The standard InChI is InChI=1S/C17H22N2O5/c1-11(17(22)23)19(7-6-18-12(2)20)16(21)10-13-3-4-15-14(9-13)5-8-24-15/h3-4,9,11H,5-8,10H2,1-2H3,(H,18,20)(H,22,23). The molecule has 1 unspecified atom stereocenters. The van der Waals surface area contributed by atoms with E-state index in [1.165, 1.54) is 18.7 Å². The van der Waals surface area contributed by atoms with Gasteiger partial charge in [0.15, 0.2) is 0 Å². The lowest BCUT2D eigenvalue weighted by atomic mass is 10.1. The van der Waals surface area contributed by atoms with E-state index in [4.69, 9.17) is 4.74 Å². The number of carbonyl (C=O) groups excluding carboxylic acids is 2. The number of nitrogens with zero attached hydrogens (tertiary/aromatic N) is 1. The van der Waals surface area contributed by atoms with Gasteiger partial charge in [0.2, 0.25) is 11.8 Å². The van der Waals surface area contributed by atoms with Crippen molar-refractivity contribution in [3.63, 3.8) is 0 Å². The molecule has 0 spiro atoms. The summed E-state index contributed by atoms with van der Waals surface area (Å²) in [7, 11) is 0. The fourth-order valence-corrected chi connectivity index (χ4v) is 2.65. The van der Waals surface area contributed by atoms with Gasteiger partial charge in [-0.15, -0.1) is 0 Å². The van der Waals surface area contributed by atoms with E-state index in [0.29, 0.717) is 6.61 Å². The molecule has 7 nitrogen and oxygen atoms in total. The van der Waals surface area contributed by atoms with Crippen LogP contribution in [0.4, 0.5) is 0 Å². The topological polar surface area (TPSA) is 95.9 Å². The normalized spacial score (nSPS) is 13.6. The number of rotatable bonds is 7. The molecule has 2 N–H and O–H groups in total. The average molecular weight is 334 g/mol. The SMILES string of the molecule is CC(=O)NCCN(C(=O)Cc1ccc2c(c1)CCO2)C(C)C(=O)O. The number of benzene rings is 1. The molecule has 1 atom stereocenters. The zero-order chi connectivity index (χ0) is 17.7. The summed E-state index contributed by atoms with van der Waals surface area (Å²) in [5.41, 5.74) is 1.89. The summed E-state index contributed by atoms with van der Waals surface area (Å²) in [6.07, 6.45) is 0.931. The molecule has 0 bridgehead atoms. The van der Waals surface area contributed by atoms with Crippen molar-refractivity contribution in [2.24, 2.45) is 0 Å². The Morgan fingerprint density at radius 1 is 1.38 bits per heavy atom. The minimum Gasteiger partial charge on any atom is -0.493 e. The Bertz CT molecular complexity index is 644. The Labute approximate surface area is 140 Å². The number of amides is 2. The Hall–Kier alpha value is -2.57. The largest absolute Gasteiger partial charge is 0.493 e.